The SMILES string of the molecule is CC(C)CCNC(=O)c1nc(C(=O)N2CCCCC2)n2ccccc12. The van der Waals surface area contributed by atoms with Crippen LogP contribution in [-0.2, 0) is 0 Å². The fourth-order valence-electron chi connectivity index (χ4n) is 3.15. The highest BCUT2D eigenvalue weighted by Gasteiger charge is 2.25. The quantitative estimate of drug-likeness (QED) is 0.908. The first-order valence-corrected chi connectivity index (χ1v) is 9.12. The number of rotatable bonds is 5. The van der Waals surface area contributed by atoms with Crippen LogP contribution in [0.1, 0.15) is 60.6 Å². The van der Waals surface area contributed by atoms with E-state index >= 15 is 0 Å². The number of nitrogens with one attached hydrogen (secondary N) is 1. The molecule has 0 saturated carbocycles. The number of imidazole rings is 1. The molecule has 0 radical (unpaired) electrons. The van der Waals surface area contributed by atoms with Crippen LogP contribution in [0, 0.1) is 5.92 Å². The highest BCUT2D eigenvalue weighted by Crippen LogP contribution is 2.17. The maximum absolute atomic E-state index is 12.9. The van der Waals surface area contributed by atoms with E-state index in [9.17, 15) is 9.59 Å². The van der Waals surface area contributed by atoms with E-state index in [1.165, 1.54) is 0 Å². The van der Waals surface area contributed by atoms with E-state index in [2.05, 4.69) is 24.1 Å². The Hall–Kier alpha value is -2.37. The van der Waals surface area contributed by atoms with E-state index in [1.807, 2.05) is 23.1 Å². The topological polar surface area (TPSA) is 66.7 Å². The molecule has 3 heterocycles. The van der Waals surface area contributed by atoms with Crippen molar-refractivity contribution in [1.82, 2.24) is 19.6 Å². The standard InChI is InChI=1S/C19H26N4O2/c1-14(2)9-10-20-18(24)16-15-8-4-7-13-23(15)17(21-16)19(25)22-11-5-3-6-12-22/h4,7-8,13-14H,3,5-6,9-12H2,1-2H3,(H,20,24). The molecule has 3 rings (SSSR count). The van der Waals surface area contributed by atoms with Gasteiger partial charge in [0.05, 0.1) is 5.52 Å². The average molecular weight is 342 g/mol. The van der Waals surface area contributed by atoms with Gasteiger partial charge >= 0.3 is 0 Å². The molecule has 2 aromatic heterocycles. The second kappa shape index (κ2) is 7.68. The number of piperidine rings is 1. The van der Waals surface area contributed by atoms with Gasteiger partial charge in [0, 0.05) is 25.8 Å². The van der Waals surface area contributed by atoms with Gasteiger partial charge in [0.2, 0.25) is 5.82 Å². The molecule has 1 aliphatic heterocycles. The molecule has 0 aromatic carbocycles. The van der Waals surface area contributed by atoms with Gasteiger partial charge in [0.1, 0.15) is 0 Å². The Morgan fingerprint density at radius 1 is 1.20 bits per heavy atom. The van der Waals surface area contributed by atoms with Gasteiger partial charge in [-0.3, -0.25) is 14.0 Å². The van der Waals surface area contributed by atoms with Crippen molar-refractivity contribution in [3.05, 3.63) is 35.9 Å². The van der Waals surface area contributed by atoms with E-state index in [-0.39, 0.29) is 11.8 Å². The molecule has 2 amide bonds. The zero-order valence-electron chi connectivity index (χ0n) is 15.0. The van der Waals surface area contributed by atoms with E-state index in [4.69, 9.17) is 0 Å². The number of hydrogen-bond donors (Lipinski definition) is 1. The Balaban J connectivity index is 1.87. The molecule has 0 aliphatic carbocycles. The number of carbonyl (C=O) groups excluding carboxylic acids is 2. The van der Waals surface area contributed by atoms with E-state index in [0.29, 0.717) is 29.5 Å². The van der Waals surface area contributed by atoms with Crippen molar-refractivity contribution in [2.24, 2.45) is 5.92 Å². The molecule has 1 aliphatic rings. The van der Waals surface area contributed by atoms with E-state index < -0.39 is 0 Å². The number of amides is 2. The van der Waals surface area contributed by atoms with Crippen molar-refractivity contribution < 1.29 is 9.59 Å². The maximum Gasteiger partial charge on any atom is 0.290 e. The van der Waals surface area contributed by atoms with Crippen LogP contribution in [0.25, 0.3) is 5.52 Å². The second-order valence-corrected chi connectivity index (χ2v) is 7.03. The van der Waals surface area contributed by atoms with Crippen molar-refractivity contribution >= 4 is 17.3 Å². The zero-order chi connectivity index (χ0) is 17.8. The Morgan fingerprint density at radius 3 is 2.68 bits per heavy atom. The Bertz CT molecular complexity index is 760. The molecule has 0 atom stereocenters. The molecule has 134 valence electrons. The summed E-state index contributed by atoms with van der Waals surface area (Å²) < 4.78 is 1.73. The van der Waals surface area contributed by atoms with Crippen molar-refractivity contribution in [3.8, 4) is 0 Å². The zero-order valence-corrected chi connectivity index (χ0v) is 15.0. The van der Waals surface area contributed by atoms with E-state index in [0.717, 1.165) is 38.8 Å². The highest BCUT2D eigenvalue weighted by molar-refractivity contribution is 6.02. The molecule has 1 N–H and O–H groups in total. The summed E-state index contributed by atoms with van der Waals surface area (Å²) in [5.41, 5.74) is 0.995. The molecule has 0 bridgehead atoms. The molecule has 1 saturated heterocycles. The first-order chi connectivity index (χ1) is 12.1. The third-order valence-corrected chi connectivity index (χ3v) is 4.61. The molecule has 0 unspecified atom stereocenters. The lowest BCUT2D eigenvalue weighted by atomic mass is 10.1. The summed E-state index contributed by atoms with van der Waals surface area (Å²) in [6, 6.07) is 5.54. The Labute approximate surface area is 148 Å². The van der Waals surface area contributed by atoms with Crippen LogP contribution >= 0.6 is 0 Å². The van der Waals surface area contributed by atoms with Crippen LogP contribution in [0.5, 0.6) is 0 Å². The monoisotopic (exact) mass is 342 g/mol. The van der Waals surface area contributed by atoms with Crippen LogP contribution in [0.4, 0.5) is 0 Å². The predicted octanol–water partition coefficient (Wildman–Crippen LogP) is 2.74. The van der Waals surface area contributed by atoms with Gasteiger partial charge in [-0.2, -0.15) is 0 Å². The highest BCUT2D eigenvalue weighted by atomic mass is 16.2. The molecular formula is C19H26N4O2. The summed E-state index contributed by atoms with van der Waals surface area (Å²) in [6.07, 6.45) is 5.92. The van der Waals surface area contributed by atoms with Crippen LogP contribution in [0.2, 0.25) is 0 Å². The minimum absolute atomic E-state index is 0.0952. The molecule has 25 heavy (non-hydrogen) atoms. The van der Waals surface area contributed by atoms with Crippen LogP contribution in [0.3, 0.4) is 0 Å². The third-order valence-electron chi connectivity index (χ3n) is 4.61. The summed E-state index contributed by atoms with van der Waals surface area (Å²) in [7, 11) is 0. The summed E-state index contributed by atoms with van der Waals surface area (Å²) in [4.78, 5) is 31.7. The number of pyridine rings is 1. The number of likely N-dealkylation sites (tertiary alicyclic amines) is 1. The summed E-state index contributed by atoms with van der Waals surface area (Å²) in [6.45, 7) is 6.37. The summed E-state index contributed by atoms with van der Waals surface area (Å²) in [5, 5.41) is 2.91. The lowest BCUT2D eigenvalue weighted by Crippen LogP contribution is -2.36. The Kier molecular flexibility index (Phi) is 5.36. The number of hydrogen-bond acceptors (Lipinski definition) is 3. The minimum atomic E-state index is -0.220. The first-order valence-electron chi connectivity index (χ1n) is 9.12. The van der Waals surface area contributed by atoms with Gasteiger partial charge in [0.15, 0.2) is 5.69 Å². The fourth-order valence-corrected chi connectivity index (χ4v) is 3.15. The predicted molar refractivity (Wildman–Crippen MR) is 96.7 cm³/mol. The van der Waals surface area contributed by atoms with Gasteiger partial charge in [-0.05, 0) is 43.7 Å². The Morgan fingerprint density at radius 2 is 1.96 bits per heavy atom. The van der Waals surface area contributed by atoms with Gasteiger partial charge in [-0.25, -0.2) is 4.98 Å². The largest absolute Gasteiger partial charge is 0.351 e. The fraction of sp³-hybridized carbons (Fsp3) is 0.526. The maximum atomic E-state index is 12.9. The first kappa shape index (κ1) is 17.5. The molecule has 6 nitrogen and oxygen atoms in total. The average Bonchev–Trinajstić information content (AvgIpc) is 3.01. The summed E-state index contributed by atoms with van der Waals surface area (Å²) in [5.74, 6) is 0.533. The van der Waals surface area contributed by atoms with Gasteiger partial charge in [-0.15, -0.1) is 0 Å². The number of carbonyl (C=O) groups is 2. The molecule has 0 spiro atoms. The van der Waals surface area contributed by atoms with Gasteiger partial charge in [0.25, 0.3) is 11.8 Å². The smallest absolute Gasteiger partial charge is 0.290 e. The molecular weight excluding hydrogens is 316 g/mol. The van der Waals surface area contributed by atoms with Gasteiger partial charge in [-0.1, -0.05) is 19.9 Å². The van der Waals surface area contributed by atoms with Crippen molar-refractivity contribution in [1.29, 1.82) is 0 Å². The second-order valence-electron chi connectivity index (χ2n) is 7.03. The molecule has 1 fully saturated rings. The van der Waals surface area contributed by atoms with Crippen molar-refractivity contribution in [3.63, 3.8) is 0 Å². The van der Waals surface area contributed by atoms with Crippen LogP contribution in [0.15, 0.2) is 24.4 Å². The van der Waals surface area contributed by atoms with Crippen molar-refractivity contribution in [2.45, 2.75) is 39.5 Å². The lowest BCUT2D eigenvalue weighted by Gasteiger charge is -2.25. The molecule has 2 aromatic rings. The minimum Gasteiger partial charge on any atom is -0.351 e. The van der Waals surface area contributed by atoms with Gasteiger partial charge < -0.3 is 10.2 Å². The van der Waals surface area contributed by atoms with E-state index in [1.54, 1.807) is 10.6 Å². The third kappa shape index (κ3) is 3.83. The normalized spacial score (nSPS) is 14.9. The van der Waals surface area contributed by atoms with Crippen LogP contribution < -0.4 is 5.32 Å². The molecule has 6 heteroatoms. The number of nitrogens with zero attached hydrogens (tertiary/aromatic N) is 3. The summed E-state index contributed by atoms with van der Waals surface area (Å²) >= 11 is 0. The lowest BCUT2D eigenvalue weighted by molar-refractivity contribution is 0.0711. The number of fused-ring (bicyclic) bond motifs is 1. The van der Waals surface area contributed by atoms with Crippen LogP contribution in [-0.4, -0.2) is 45.7 Å². The number of aromatic nitrogens is 2. The van der Waals surface area contributed by atoms with Crippen molar-refractivity contribution in [2.75, 3.05) is 19.6 Å².